The summed E-state index contributed by atoms with van der Waals surface area (Å²) in [4.78, 5) is 8.27. The number of aryl methyl sites for hydroxylation is 1. The van der Waals surface area contributed by atoms with Crippen LogP contribution in [0.4, 0.5) is 0 Å². The van der Waals surface area contributed by atoms with Crippen LogP contribution in [-0.4, -0.2) is 23.1 Å². The van der Waals surface area contributed by atoms with E-state index in [4.69, 9.17) is 0 Å². The number of nitrogens with zero attached hydrogens (tertiary/aromatic N) is 1. The molecule has 150 valence electrons. The molecule has 3 atom stereocenters. The molecule has 0 spiro atoms. The summed E-state index contributed by atoms with van der Waals surface area (Å²) in [6.45, 7) is 11.2. The molecule has 0 radical (unpaired) electrons. The van der Waals surface area contributed by atoms with Crippen molar-refractivity contribution in [1.82, 2.24) is 15.3 Å². The van der Waals surface area contributed by atoms with Gasteiger partial charge in [-0.15, -0.1) is 0 Å². The van der Waals surface area contributed by atoms with Crippen molar-refractivity contribution in [3.63, 3.8) is 0 Å². The average molecular weight is 378 g/mol. The van der Waals surface area contributed by atoms with E-state index < -0.39 is 0 Å². The normalized spacial score (nSPS) is 25.8. The van der Waals surface area contributed by atoms with Crippen molar-refractivity contribution in [3.05, 3.63) is 47.4 Å². The zero-order valence-electron chi connectivity index (χ0n) is 17.9. The van der Waals surface area contributed by atoms with E-state index in [1.807, 2.05) is 12.3 Å². The molecule has 2 N–H and O–H groups in total. The van der Waals surface area contributed by atoms with Gasteiger partial charge in [0.15, 0.2) is 0 Å². The molecule has 2 aromatic heterocycles. The van der Waals surface area contributed by atoms with Crippen molar-refractivity contribution in [2.24, 2.45) is 11.3 Å². The van der Waals surface area contributed by atoms with Crippen molar-refractivity contribution >= 4 is 6.08 Å². The molecule has 0 bridgehead atoms. The predicted octanol–water partition coefficient (Wildman–Crippen LogP) is 5.86. The van der Waals surface area contributed by atoms with Crippen molar-refractivity contribution in [2.75, 3.05) is 7.05 Å². The summed E-state index contributed by atoms with van der Waals surface area (Å²) in [7, 11) is 2.07. The molecule has 3 heteroatoms. The first-order chi connectivity index (χ1) is 13.5. The van der Waals surface area contributed by atoms with Gasteiger partial charge in [-0.3, -0.25) is 4.98 Å². The quantitative estimate of drug-likeness (QED) is 0.634. The first-order valence-corrected chi connectivity index (χ1v) is 10.9. The van der Waals surface area contributed by atoms with Gasteiger partial charge in [-0.2, -0.15) is 0 Å². The van der Waals surface area contributed by atoms with Crippen molar-refractivity contribution in [1.29, 1.82) is 0 Å². The van der Waals surface area contributed by atoms with Gasteiger partial charge >= 0.3 is 0 Å². The molecule has 0 amide bonds. The lowest BCUT2D eigenvalue weighted by atomic mass is 9.61. The molecule has 0 aromatic carbocycles. The number of aromatic nitrogens is 2. The molecular formula is C25H35N3. The van der Waals surface area contributed by atoms with Gasteiger partial charge in [-0.1, -0.05) is 26.5 Å². The van der Waals surface area contributed by atoms with E-state index in [0.717, 1.165) is 12.3 Å². The molecule has 0 saturated heterocycles. The van der Waals surface area contributed by atoms with Crippen LogP contribution in [0.25, 0.3) is 17.3 Å². The molecule has 4 rings (SSSR count). The minimum Gasteiger partial charge on any atom is -0.357 e. The molecule has 2 heterocycles. The Labute approximate surface area is 170 Å². The Bertz CT molecular complexity index is 859. The van der Waals surface area contributed by atoms with Gasteiger partial charge in [-0.05, 0) is 86.6 Å². The van der Waals surface area contributed by atoms with E-state index in [1.54, 1.807) is 0 Å². The summed E-state index contributed by atoms with van der Waals surface area (Å²) in [5.41, 5.74) is 8.44. The standard InChI is InChI=1S/C25H35N3/c1-6-19-16(2)23(28-24(19)21-9-10-22(21)26-5)20-12-14-27-15-17(20)7-8-18-11-13-25(18,3)4/h6,12,14-15,18,21-22,26,28H,1,7-11,13H2,2-5H3. The van der Waals surface area contributed by atoms with Gasteiger partial charge in [-0.25, -0.2) is 0 Å². The number of likely N-dealkylation sites (N-methyl/N-ethyl adjacent to an activating group) is 1. The summed E-state index contributed by atoms with van der Waals surface area (Å²) in [6, 6.07) is 2.76. The van der Waals surface area contributed by atoms with Crippen LogP contribution in [0.3, 0.4) is 0 Å². The first-order valence-electron chi connectivity index (χ1n) is 10.9. The fourth-order valence-electron chi connectivity index (χ4n) is 5.31. The molecule has 2 aliphatic carbocycles. The minimum atomic E-state index is 0.514. The zero-order valence-corrected chi connectivity index (χ0v) is 17.9. The number of nitrogens with one attached hydrogen (secondary N) is 2. The van der Waals surface area contributed by atoms with Crippen LogP contribution in [0.1, 0.15) is 74.3 Å². The molecule has 2 aromatic rings. The van der Waals surface area contributed by atoms with E-state index in [-0.39, 0.29) is 0 Å². The molecule has 2 saturated carbocycles. The van der Waals surface area contributed by atoms with Gasteiger partial charge in [0.2, 0.25) is 0 Å². The van der Waals surface area contributed by atoms with E-state index in [2.05, 4.69) is 61.9 Å². The number of H-pyrrole nitrogens is 1. The number of aromatic amines is 1. The van der Waals surface area contributed by atoms with Crippen molar-refractivity contribution in [3.8, 4) is 11.3 Å². The summed E-state index contributed by atoms with van der Waals surface area (Å²) in [5.74, 6) is 1.41. The second kappa shape index (κ2) is 7.51. The highest BCUT2D eigenvalue weighted by molar-refractivity contribution is 5.74. The lowest BCUT2D eigenvalue weighted by Gasteiger charge is -2.45. The van der Waals surface area contributed by atoms with Crippen LogP contribution < -0.4 is 5.32 Å². The van der Waals surface area contributed by atoms with Gasteiger partial charge in [0.05, 0.1) is 0 Å². The highest BCUT2D eigenvalue weighted by Gasteiger charge is 2.38. The summed E-state index contributed by atoms with van der Waals surface area (Å²) in [5, 5.41) is 3.47. The second-order valence-electron chi connectivity index (χ2n) is 9.53. The lowest BCUT2D eigenvalue weighted by molar-refractivity contribution is 0.0650. The Morgan fingerprint density at radius 1 is 1.32 bits per heavy atom. The molecule has 0 aliphatic heterocycles. The molecule has 2 fully saturated rings. The fourth-order valence-corrected chi connectivity index (χ4v) is 5.31. The lowest BCUT2D eigenvalue weighted by Crippen LogP contribution is -2.40. The van der Waals surface area contributed by atoms with Crippen LogP contribution in [0.5, 0.6) is 0 Å². The molecule has 3 unspecified atom stereocenters. The van der Waals surface area contributed by atoms with E-state index in [0.29, 0.717) is 17.4 Å². The highest BCUT2D eigenvalue weighted by atomic mass is 14.9. The van der Waals surface area contributed by atoms with E-state index in [1.165, 1.54) is 65.7 Å². The average Bonchev–Trinajstić information content (AvgIpc) is 2.96. The fraction of sp³-hybridized carbons (Fsp3) is 0.560. The summed E-state index contributed by atoms with van der Waals surface area (Å²) >= 11 is 0. The SMILES string of the molecule is C=Cc1c(C2CCC2NC)[nH]c(-c2ccncc2CCC2CCC2(C)C)c1C. The van der Waals surface area contributed by atoms with E-state index >= 15 is 0 Å². The summed E-state index contributed by atoms with van der Waals surface area (Å²) < 4.78 is 0. The van der Waals surface area contributed by atoms with Gasteiger partial charge < -0.3 is 10.3 Å². The predicted molar refractivity (Wildman–Crippen MR) is 119 cm³/mol. The highest BCUT2D eigenvalue weighted by Crippen LogP contribution is 2.48. The van der Waals surface area contributed by atoms with Crippen LogP contribution in [0.2, 0.25) is 0 Å². The third kappa shape index (κ3) is 3.24. The third-order valence-electron chi connectivity index (χ3n) is 7.73. The first kappa shape index (κ1) is 19.4. The maximum absolute atomic E-state index is 4.45. The molecule has 28 heavy (non-hydrogen) atoms. The Morgan fingerprint density at radius 3 is 2.71 bits per heavy atom. The Kier molecular flexibility index (Phi) is 5.22. The number of hydrogen-bond donors (Lipinski definition) is 2. The molecular weight excluding hydrogens is 342 g/mol. The Hall–Kier alpha value is -1.87. The third-order valence-corrected chi connectivity index (χ3v) is 7.73. The number of hydrogen-bond acceptors (Lipinski definition) is 2. The maximum atomic E-state index is 4.45. The molecule has 3 nitrogen and oxygen atoms in total. The maximum Gasteiger partial charge on any atom is 0.0495 e. The summed E-state index contributed by atoms with van der Waals surface area (Å²) in [6.07, 6.45) is 13.7. The van der Waals surface area contributed by atoms with Crippen LogP contribution in [0, 0.1) is 18.3 Å². The Morgan fingerprint density at radius 2 is 2.14 bits per heavy atom. The van der Waals surface area contributed by atoms with Gasteiger partial charge in [0, 0.05) is 41.3 Å². The van der Waals surface area contributed by atoms with Crippen LogP contribution in [0.15, 0.2) is 25.0 Å². The topological polar surface area (TPSA) is 40.7 Å². The zero-order chi connectivity index (χ0) is 19.9. The van der Waals surface area contributed by atoms with Gasteiger partial charge in [0.1, 0.15) is 0 Å². The Balaban J connectivity index is 1.64. The van der Waals surface area contributed by atoms with E-state index in [9.17, 15) is 0 Å². The van der Waals surface area contributed by atoms with Crippen LogP contribution >= 0.6 is 0 Å². The smallest absolute Gasteiger partial charge is 0.0495 e. The minimum absolute atomic E-state index is 0.514. The largest absolute Gasteiger partial charge is 0.357 e. The van der Waals surface area contributed by atoms with Crippen LogP contribution in [-0.2, 0) is 6.42 Å². The monoisotopic (exact) mass is 377 g/mol. The van der Waals surface area contributed by atoms with Crippen molar-refractivity contribution in [2.45, 2.75) is 71.3 Å². The number of rotatable bonds is 7. The molecule has 2 aliphatic rings. The van der Waals surface area contributed by atoms with Gasteiger partial charge in [0.25, 0.3) is 0 Å². The number of pyridine rings is 1. The van der Waals surface area contributed by atoms with Crippen molar-refractivity contribution < 1.29 is 0 Å². The second-order valence-corrected chi connectivity index (χ2v) is 9.53.